The smallest absolute Gasteiger partial charge is 0.151 e. The van der Waals surface area contributed by atoms with Gasteiger partial charge < -0.3 is 5.32 Å². The third-order valence-electron chi connectivity index (χ3n) is 2.71. The van der Waals surface area contributed by atoms with E-state index in [9.17, 15) is 8.42 Å². The van der Waals surface area contributed by atoms with Crippen molar-refractivity contribution in [1.29, 1.82) is 0 Å². The minimum Gasteiger partial charge on any atom is -0.313 e. The quantitative estimate of drug-likeness (QED) is 0.698. The lowest BCUT2D eigenvalue weighted by Crippen LogP contribution is -2.26. The van der Waals surface area contributed by atoms with Crippen molar-refractivity contribution in [3.8, 4) is 0 Å². The monoisotopic (exact) mass is 205 g/mol. The Morgan fingerprint density at radius 1 is 1.38 bits per heavy atom. The Morgan fingerprint density at radius 3 is 2.54 bits per heavy atom. The normalized spacial score (nSPS) is 27.5. The fourth-order valence-electron chi connectivity index (χ4n) is 1.49. The molecule has 0 aromatic rings. The van der Waals surface area contributed by atoms with E-state index in [2.05, 4.69) is 12.2 Å². The van der Waals surface area contributed by atoms with Gasteiger partial charge in [0.2, 0.25) is 0 Å². The van der Waals surface area contributed by atoms with E-state index >= 15 is 0 Å². The van der Waals surface area contributed by atoms with Gasteiger partial charge in [-0.2, -0.15) is 0 Å². The fourth-order valence-corrected chi connectivity index (χ4v) is 2.21. The van der Waals surface area contributed by atoms with Crippen LogP contribution in [0.1, 0.15) is 26.7 Å². The average Bonchev–Trinajstić information content (AvgIpc) is 2.83. The first kappa shape index (κ1) is 11.0. The van der Waals surface area contributed by atoms with Crippen molar-refractivity contribution in [2.75, 3.05) is 18.1 Å². The second kappa shape index (κ2) is 4.42. The van der Waals surface area contributed by atoms with Crippen LogP contribution < -0.4 is 5.32 Å². The maximum absolute atomic E-state index is 11.1. The lowest BCUT2D eigenvalue weighted by molar-refractivity contribution is 0.587. The molecular weight excluding hydrogens is 186 g/mol. The molecular formula is C9H19NO2S. The van der Waals surface area contributed by atoms with Gasteiger partial charge in [-0.3, -0.25) is 0 Å². The van der Waals surface area contributed by atoms with Gasteiger partial charge in [0.25, 0.3) is 0 Å². The minimum atomic E-state index is -2.77. The van der Waals surface area contributed by atoms with E-state index in [-0.39, 0.29) is 11.5 Å². The fraction of sp³-hybridized carbons (Fsp3) is 1.00. The van der Waals surface area contributed by atoms with E-state index in [1.807, 2.05) is 0 Å². The average molecular weight is 205 g/mol. The van der Waals surface area contributed by atoms with Gasteiger partial charge in [0, 0.05) is 18.3 Å². The Balaban J connectivity index is 2.09. The van der Waals surface area contributed by atoms with Gasteiger partial charge in [-0.05, 0) is 12.3 Å². The van der Waals surface area contributed by atoms with Crippen molar-refractivity contribution < 1.29 is 8.42 Å². The molecule has 0 aromatic carbocycles. The number of nitrogens with one attached hydrogen (secondary N) is 1. The van der Waals surface area contributed by atoms with Crippen LogP contribution in [0.2, 0.25) is 0 Å². The third-order valence-corrected chi connectivity index (χ3v) is 4.41. The van der Waals surface area contributed by atoms with Crippen molar-refractivity contribution in [3.63, 3.8) is 0 Å². The molecule has 2 atom stereocenters. The van der Waals surface area contributed by atoms with Crippen LogP contribution in [-0.4, -0.2) is 32.5 Å². The zero-order valence-corrected chi connectivity index (χ0v) is 9.23. The molecule has 4 heteroatoms. The van der Waals surface area contributed by atoms with Crippen LogP contribution in [0.5, 0.6) is 0 Å². The summed E-state index contributed by atoms with van der Waals surface area (Å²) in [7, 11) is -2.77. The SMILES string of the molecule is CCC1CC1NCCS(=O)(=O)CC. The molecule has 0 bridgehead atoms. The summed E-state index contributed by atoms with van der Waals surface area (Å²) in [5, 5.41) is 3.27. The summed E-state index contributed by atoms with van der Waals surface area (Å²) in [6.45, 7) is 4.49. The molecule has 1 aliphatic carbocycles. The van der Waals surface area contributed by atoms with Crippen molar-refractivity contribution in [3.05, 3.63) is 0 Å². The first-order valence-electron chi connectivity index (χ1n) is 5.03. The molecule has 1 fully saturated rings. The molecule has 13 heavy (non-hydrogen) atoms. The second-order valence-electron chi connectivity index (χ2n) is 3.70. The highest BCUT2D eigenvalue weighted by molar-refractivity contribution is 7.91. The van der Waals surface area contributed by atoms with E-state index < -0.39 is 9.84 Å². The van der Waals surface area contributed by atoms with Gasteiger partial charge in [0.05, 0.1) is 5.75 Å². The van der Waals surface area contributed by atoms with Crippen LogP contribution >= 0.6 is 0 Å². The molecule has 0 aromatic heterocycles. The number of hydrogen-bond acceptors (Lipinski definition) is 3. The van der Waals surface area contributed by atoms with E-state index in [0.29, 0.717) is 12.6 Å². The van der Waals surface area contributed by atoms with Crippen molar-refractivity contribution in [2.24, 2.45) is 5.92 Å². The minimum absolute atomic E-state index is 0.260. The third kappa shape index (κ3) is 3.65. The first-order chi connectivity index (χ1) is 6.09. The molecule has 1 rings (SSSR count). The number of hydrogen-bond donors (Lipinski definition) is 1. The van der Waals surface area contributed by atoms with E-state index in [4.69, 9.17) is 0 Å². The molecule has 1 N–H and O–H groups in total. The van der Waals surface area contributed by atoms with Gasteiger partial charge in [0.15, 0.2) is 9.84 Å². The molecule has 0 radical (unpaired) electrons. The van der Waals surface area contributed by atoms with E-state index in [1.165, 1.54) is 12.8 Å². The predicted octanol–water partition coefficient (Wildman–Crippen LogP) is 0.809. The lowest BCUT2D eigenvalue weighted by atomic mass is 10.3. The lowest BCUT2D eigenvalue weighted by Gasteiger charge is -2.03. The molecule has 0 saturated heterocycles. The highest BCUT2D eigenvalue weighted by Crippen LogP contribution is 2.32. The Kier molecular flexibility index (Phi) is 3.74. The molecule has 1 aliphatic rings. The van der Waals surface area contributed by atoms with Gasteiger partial charge in [-0.25, -0.2) is 8.42 Å². The van der Waals surface area contributed by atoms with Crippen LogP contribution in [0.15, 0.2) is 0 Å². The highest BCUT2D eigenvalue weighted by atomic mass is 32.2. The van der Waals surface area contributed by atoms with Gasteiger partial charge in [-0.1, -0.05) is 20.3 Å². The van der Waals surface area contributed by atoms with Crippen LogP contribution in [0, 0.1) is 5.92 Å². The second-order valence-corrected chi connectivity index (χ2v) is 6.17. The van der Waals surface area contributed by atoms with Crippen LogP contribution in [0.3, 0.4) is 0 Å². The molecule has 0 spiro atoms. The van der Waals surface area contributed by atoms with Crippen LogP contribution in [-0.2, 0) is 9.84 Å². The van der Waals surface area contributed by atoms with Crippen LogP contribution in [0.25, 0.3) is 0 Å². The number of rotatable bonds is 6. The largest absolute Gasteiger partial charge is 0.313 e. The first-order valence-corrected chi connectivity index (χ1v) is 6.85. The summed E-state index contributed by atoms with van der Waals surface area (Å²) in [6, 6.07) is 0.594. The Labute approximate surface area is 80.8 Å². The summed E-state index contributed by atoms with van der Waals surface area (Å²) in [5.41, 5.74) is 0. The van der Waals surface area contributed by atoms with E-state index in [0.717, 1.165) is 5.92 Å². The molecule has 0 heterocycles. The van der Waals surface area contributed by atoms with Gasteiger partial charge in [0.1, 0.15) is 0 Å². The van der Waals surface area contributed by atoms with Gasteiger partial charge >= 0.3 is 0 Å². The predicted molar refractivity (Wildman–Crippen MR) is 54.5 cm³/mol. The molecule has 0 amide bonds. The molecule has 0 aliphatic heterocycles. The molecule has 1 saturated carbocycles. The zero-order chi connectivity index (χ0) is 9.90. The highest BCUT2D eigenvalue weighted by Gasteiger charge is 2.34. The summed E-state index contributed by atoms with van der Waals surface area (Å²) in [6.07, 6.45) is 2.43. The molecule has 3 nitrogen and oxygen atoms in total. The summed E-state index contributed by atoms with van der Waals surface area (Å²) < 4.78 is 22.2. The van der Waals surface area contributed by atoms with E-state index in [1.54, 1.807) is 6.92 Å². The maximum atomic E-state index is 11.1. The number of sulfone groups is 1. The van der Waals surface area contributed by atoms with Crippen molar-refractivity contribution >= 4 is 9.84 Å². The standard InChI is InChI=1S/C9H19NO2S/c1-3-8-7-9(8)10-5-6-13(11,12)4-2/h8-10H,3-7H2,1-2H3. The Hall–Kier alpha value is -0.0900. The topological polar surface area (TPSA) is 46.2 Å². The zero-order valence-electron chi connectivity index (χ0n) is 8.41. The van der Waals surface area contributed by atoms with Crippen LogP contribution in [0.4, 0.5) is 0 Å². The maximum Gasteiger partial charge on any atom is 0.151 e. The van der Waals surface area contributed by atoms with Gasteiger partial charge in [-0.15, -0.1) is 0 Å². The molecule has 78 valence electrons. The summed E-state index contributed by atoms with van der Waals surface area (Å²) >= 11 is 0. The van der Waals surface area contributed by atoms with Crippen molar-refractivity contribution in [2.45, 2.75) is 32.7 Å². The Bertz CT molecular complexity index is 248. The summed E-state index contributed by atoms with van der Waals surface area (Å²) in [5.74, 6) is 1.34. The Morgan fingerprint density at radius 2 is 2.08 bits per heavy atom. The van der Waals surface area contributed by atoms with Crippen molar-refractivity contribution in [1.82, 2.24) is 5.32 Å². The molecule has 2 unspecified atom stereocenters. The summed E-state index contributed by atoms with van der Waals surface area (Å²) in [4.78, 5) is 0.